The van der Waals surface area contributed by atoms with Crippen LogP contribution in [0.2, 0.25) is 5.15 Å². The molecule has 0 atom stereocenters. The summed E-state index contributed by atoms with van der Waals surface area (Å²) in [5, 5.41) is 8.16. The Labute approximate surface area is 123 Å². The molecule has 0 unspecified atom stereocenters. The first-order valence-electron chi connectivity index (χ1n) is 6.37. The molecule has 0 radical (unpaired) electrons. The number of halogens is 1. The van der Waals surface area contributed by atoms with Crippen LogP contribution in [0.4, 0.5) is 5.82 Å². The molecule has 0 spiro atoms. The fraction of sp³-hybridized carbons (Fsp3) is 0.429. The van der Waals surface area contributed by atoms with Crippen LogP contribution in [-0.4, -0.2) is 16.5 Å². The van der Waals surface area contributed by atoms with Crippen LogP contribution in [0.3, 0.4) is 0 Å². The summed E-state index contributed by atoms with van der Waals surface area (Å²) < 4.78 is 0. The van der Waals surface area contributed by atoms with E-state index in [-0.39, 0.29) is 5.92 Å². The summed E-state index contributed by atoms with van der Waals surface area (Å²) >= 11 is 7.88. The molecule has 0 saturated heterocycles. The zero-order valence-electron chi connectivity index (χ0n) is 11.4. The fourth-order valence-corrected chi connectivity index (χ4v) is 2.58. The molecule has 102 valence electrons. The van der Waals surface area contributed by atoms with Crippen molar-refractivity contribution in [3.8, 4) is 0 Å². The van der Waals surface area contributed by atoms with Gasteiger partial charge in [0.1, 0.15) is 16.8 Å². The molecule has 0 amide bonds. The highest BCUT2D eigenvalue weighted by atomic mass is 35.5. The molecule has 1 N–H and O–H groups in total. The van der Waals surface area contributed by atoms with Gasteiger partial charge in [-0.2, -0.15) is 11.3 Å². The van der Waals surface area contributed by atoms with Crippen LogP contribution in [0.25, 0.3) is 0 Å². The predicted octanol–water partition coefficient (Wildman–Crippen LogP) is 4.28. The molecule has 2 heterocycles. The van der Waals surface area contributed by atoms with Crippen molar-refractivity contribution in [1.29, 1.82) is 0 Å². The Morgan fingerprint density at radius 1 is 1.37 bits per heavy atom. The number of nitrogens with one attached hydrogen (secondary N) is 1. The van der Waals surface area contributed by atoms with E-state index in [9.17, 15) is 0 Å². The average molecular weight is 296 g/mol. The molecule has 0 aliphatic carbocycles. The van der Waals surface area contributed by atoms with Gasteiger partial charge in [-0.3, -0.25) is 0 Å². The Morgan fingerprint density at radius 3 is 2.79 bits per heavy atom. The van der Waals surface area contributed by atoms with Gasteiger partial charge in [0, 0.05) is 18.0 Å². The van der Waals surface area contributed by atoms with Gasteiger partial charge >= 0.3 is 0 Å². The molecule has 0 saturated carbocycles. The Bertz CT molecular complexity index is 538. The predicted molar refractivity (Wildman–Crippen MR) is 82.4 cm³/mol. The minimum atomic E-state index is 0.274. The number of anilines is 1. The molecule has 3 nitrogen and oxygen atoms in total. The summed E-state index contributed by atoms with van der Waals surface area (Å²) in [5.74, 6) is 1.91. The zero-order chi connectivity index (χ0) is 13.8. The first kappa shape index (κ1) is 14.3. The lowest BCUT2D eigenvalue weighted by molar-refractivity contribution is 0.771. The second-order valence-electron chi connectivity index (χ2n) is 4.81. The summed E-state index contributed by atoms with van der Waals surface area (Å²) in [6.45, 7) is 6.92. The topological polar surface area (TPSA) is 37.8 Å². The molecule has 5 heteroatoms. The Balaban J connectivity index is 2.06. The normalized spacial score (nSPS) is 11.0. The van der Waals surface area contributed by atoms with Gasteiger partial charge < -0.3 is 5.32 Å². The highest BCUT2D eigenvalue weighted by Crippen LogP contribution is 2.22. The van der Waals surface area contributed by atoms with Gasteiger partial charge in [0.05, 0.1) is 0 Å². The summed E-state index contributed by atoms with van der Waals surface area (Å²) in [7, 11) is 0. The van der Waals surface area contributed by atoms with Gasteiger partial charge in [0.15, 0.2) is 0 Å². The van der Waals surface area contributed by atoms with Crippen molar-refractivity contribution in [3.63, 3.8) is 0 Å². The third-order valence-electron chi connectivity index (χ3n) is 2.91. The number of hydrogen-bond acceptors (Lipinski definition) is 4. The van der Waals surface area contributed by atoms with Crippen molar-refractivity contribution in [2.24, 2.45) is 0 Å². The van der Waals surface area contributed by atoms with Crippen LogP contribution in [0.15, 0.2) is 16.8 Å². The Morgan fingerprint density at radius 2 is 2.16 bits per heavy atom. The lowest BCUT2D eigenvalue weighted by Crippen LogP contribution is -2.10. The molecule has 19 heavy (non-hydrogen) atoms. The highest BCUT2D eigenvalue weighted by Gasteiger charge is 2.11. The quantitative estimate of drug-likeness (QED) is 0.837. The average Bonchev–Trinajstić information content (AvgIpc) is 2.87. The Hall–Kier alpha value is -1.13. The lowest BCUT2D eigenvalue weighted by Gasteiger charge is -2.12. The molecule has 2 aromatic heterocycles. The molecule has 0 aliphatic heterocycles. The number of rotatable bonds is 5. The molecule has 0 fully saturated rings. The second-order valence-corrected chi connectivity index (χ2v) is 5.95. The lowest BCUT2D eigenvalue weighted by atomic mass is 10.2. The van der Waals surface area contributed by atoms with E-state index in [1.807, 2.05) is 6.92 Å². The minimum Gasteiger partial charge on any atom is -0.369 e. The van der Waals surface area contributed by atoms with E-state index in [0.717, 1.165) is 30.2 Å². The van der Waals surface area contributed by atoms with Gasteiger partial charge in [-0.1, -0.05) is 25.4 Å². The molecule has 2 rings (SSSR count). The fourth-order valence-electron chi connectivity index (χ4n) is 1.70. The van der Waals surface area contributed by atoms with Crippen molar-refractivity contribution in [2.75, 3.05) is 11.9 Å². The van der Waals surface area contributed by atoms with Crippen LogP contribution in [-0.2, 0) is 6.42 Å². The summed E-state index contributed by atoms with van der Waals surface area (Å²) in [4.78, 5) is 8.85. The van der Waals surface area contributed by atoms with Crippen LogP contribution < -0.4 is 5.32 Å². The first-order valence-corrected chi connectivity index (χ1v) is 7.69. The van der Waals surface area contributed by atoms with E-state index in [1.54, 1.807) is 11.3 Å². The van der Waals surface area contributed by atoms with Crippen LogP contribution in [0, 0.1) is 6.92 Å². The van der Waals surface area contributed by atoms with Gasteiger partial charge in [-0.15, -0.1) is 0 Å². The number of hydrogen-bond donors (Lipinski definition) is 1. The van der Waals surface area contributed by atoms with Crippen molar-refractivity contribution in [2.45, 2.75) is 33.1 Å². The van der Waals surface area contributed by atoms with E-state index in [4.69, 9.17) is 11.6 Å². The smallest absolute Gasteiger partial charge is 0.137 e. The van der Waals surface area contributed by atoms with E-state index >= 15 is 0 Å². The molecular weight excluding hydrogens is 278 g/mol. The SMILES string of the molecule is Cc1c(Cl)nc(C(C)C)nc1NCCc1ccsc1. The van der Waals surface area contributed by atoms with Gasteiger partial charge in [-0.05, 0) is 35.7 Å². The van der Waals surface area contributed by atoms with Crippen LogP contribution in [0.5, 0.6) is 0 Å². The first-order chi connectivity index (χ1) is 9.08. The molecule has 0 aliphatic rings. The largest absolute Gasteiger partial charge is 0.369 e. The maximum absolute atomic E-state index is 6.15. The van der Waals surface area contributed by atoms with Crippen LogP contribution >= 0.6 is 22.9 Å². The monoisotopic (exact) mass is 295 g/mol. The van der Waals surface area contributed by atoms with Crippen molar-refractivity contribution in [1.82, 2.24) is 9.97 Å². The van der Waals surface area contributed by atoms with E-state index in [0.29, 0.717) is 5.15 Å². The van der Waals surface area contributed by atoms with Gasteiger partial charge in [-0.25, -0.2) is 9.97 Å². The van der Waals surface area contributed by atoms with Crippen LogP contribution in [0.1, 0.15) is 36.7 Å². The van der Waals surface area contributed by atoms with Crippen molar-refractivity contribution in [3.05, 3.63) is 38.9 Å². The maximum atomic E-state index is 6.15. The summed E-state index contributed by atoms with van der Waals surface area (Å²) in [6, 6.07) is 2.14. The van der Waals surface area contributed by atoms with E-state index in [1.165, 1.54) is 5.56 Å². The second kappa shape index (κ2) is 6.35. The summed E-state index contributed by atoms with van der Waals surface area (Å²) in [5.41, 5.74) is 2.26. The third kappa shape index (κ3) is 3.67. The summed E-state index contributed by atoms with van der Waals surface area (Å²) in [6.07, 6.45) is 0.988. The number of aromatic nitrogens is 2. The van der Waals surface area contributed by atoms with Gasteiger partial charge in [0.2, 0.25) is 0 Å². The minimum absolute atomic E-state index is 0.274. The number of thiophene rings is 1. The highest BCUT2D eigenvalue weighted by molar-refractivity contribution is 7.07. The van der Waals surface area contributed by atoms with Gasteiger partial charge in [0.25, 0.3) is 0 Å². The maximum Gasteiger partial charge on any atom is 0.137 e. The standard InChI is InChI=1S/C14H18ClN3S/c1-9(2)13-17-12(15)10(3)14(18-13)16-6-4-11-5-7-19-8-11/h5,7-9H,4,6H2,1-3H3,(H,16,17,18). The molecular formula is C14H18ClN3S. The van der Waals surface area contributed by atoms with Crippen molar-refractivity contribution >= 4 is 28.8 Å². The third-order valence-corrected chi connectivity index (χ3v) is 4.01. The molecule has 2 aromatic rings. The molecule has 0 aromatic carbocycles. The van der Waals surface area contributed by atoms with E-state index in [2.05, 4.69) is 46.0 Å². The van der Waals surface area contributed by atoms with E-state index < -0.39 is 0 Å². The Kier molecular flexibility index (Phi) is 4.77. The van der Waals surface area contributed by atoms with Crippen molar-refractivity contribution < 1.29 is 0 Å². The zero-order valence-corrected chi connectivity index (χ0v) is 13.0. The number of nitrogens with zero attached hydrogens (tertiary/aromatic N) is 2. The molecule has 0 bridgehead atoms.